The molecular weight excluding hydrogens is 392 g/mol. The van der Waals surface area contributed by atoms with Crippen molar-refractivity contribution in [2.75, 3.05) is 0 Å². The second kappa shape index (κ2) is 21.5. The van der Waals surface area contributed by atoms with Gasteiger partial charge in [-0.05, 0) is 30.7 Å². The topological polar surface area (TPSA) is 37.3 Å². The molecule has 1 aromatic rings. The van der Waals surface area contributed by atoms with Crippen molar-refractivity contribution in [3.05, 3.63) is 29.8 Å². The Labute approximate surface area is 199 Å². The van der Waals surface area contributed by atoms with E-state index in [4.69, 9.17) is 0 Å². The molecule has 1 N–H and O–H groups in total. The van der Waals surface area contributed by atoms with Gasteiger partial charge in [0.25, 0.3) is 0 Å². The van der Waals surface area contributed by atoms with Crippen molar-refractivity contribution in [3.63, 3.8) is 0 Å². The zero-order valence-electron chi connectivity index (χ0n) is 21.2. The number of carbonyl (C=O) groups excluding carboxylic acids is 1. The van der Waals surface area contributed by atoms with E-state index in [0.29, 0.717) is 6.42 Å². The summed E-state index contributed by atoms with van der Waals surface area (Å²) >= 11 is 0. The number of phenols is 1. The maximum atomic E-state index is 12.1. The van der Waals surface area contributed by atoms with Gasteiger partial charge in [0.1, 0.15) is 5.75 Å². The number of hydrogen-bond donors (Lipinski definition) is 1. The van der Waals surface area contributed by atoms with Crippen LogP contribution in [0.4, 0.5) is 0 Å². The SMILES string of the molecule is CCCCCCCCCCCCCCCCCCCCCCCC(=O)c1ccc(O)cc1. The summed E-state index contributed by atoms with van der Waals surface area (Å²) in [4.78, 5) is 12.1. The largest absolute Gasteiger partial charge is 0.508 e. The van der Waals surface area contributed by atoms with Crippen LogP contribution >= 0.6 is 0 Å². The Balaban J connectivity index is 1.73. The van der Waals surface area contributed by atoms with Gasteiger partial charge in [0, 0.05) is 12.0 Å². The van der Waals surface area contributed by atoms with Crippen molar-refractivity contribution in [2.45, 2.75) is 148 Å². The van der Waals surface area contributed by atoms with Gasteiger partial charge in [-0.15, -0.1) is 0 Å². The Morgan fingerprint density at radius 2 is 0.844 bits per heavy atom. The molecular formula is C30H52O2. The number of Topliss-reactive ketones (excluding diaryl/α,β-unsaturated/α-hetero) is 1. The second-order valence-electron chi connectivity index (χ2n) is 9.79. The van der Waals surface area contributed by atoms with Crippen molar-refractivity contribution >= 4 is 5.78 Å². The van der Waals surface area contributed by atoms with Crippen molar-refractivity contribution in [3.8, 4) is 5.75 Å². The highest BCUT2D eigenvalue weighted by Gasteiger charge is 2.05. The van der Waals surface area contributed by atoms with Gasteiger partial charge < -0.3 is 5.11 Å². The molecule has 1 rings (SSSR count). The molecule has 0 aliphatic heterocycles. The van der Waals surface area contributed by atoms with E-state index in [1.54, 1.807) is 24.3 Å². The number of carbonyl (C=O) groups is 1. The molecule has 0 bridgehead atoms. The average Bonchev–Trinajstić information content (AvgIpc) is 2.80. The van der Waals surface area contributed by atoms with E-state index in [1.165, 1.54) is 122 Å². The van der Waals surface area contributed by atoms with Crippen LogP contribution in [0.3, 0.4) is 0 Å². The summed E-state index contributed by atoms with van der Waals surface area (Å²) in [6, 6.07) is 6.61. The van der Waals surface area contributed by atoms with Crippen LogP contribution in [-0.4, -0.2) is 10.9 Å². The molecule has 0 heterocycles. The lowest BCUT2D eigenvalue weighted by Gasteiger charge is -2.04. The monoisotopic (exact) mass is 444 g/mol. The molecule has 0 radical (unpaired) electrons. The number of unbranched alkanes of at least 4 members (excludes halogenated alkanes) is 20. The average molecular weight is 445 g/mol. The summed E-state index contributed by atoms with van der Waals surface area (Å²) < 4.78 is 0. The first-order chi connectivity index (χ1) is 15.7. The summed E-state index contributed by atoms with van der Waals surface area (Å²) in [6.07, 6.45) is 29.6. The van der Waals surface area contributed by atoms with Gasteiger partial charge in [0.15, 0.2) is 5.78 Å². The van der Waals surface area contributed by atoms with E-state index in [9.17, 15) is 9.90 Å². The van der Waals surface area contributed by atoms with Gasteiger partial charge in [-0.1, -0.05) is 135 Å². The first-order valence-electron chi connectivity index (χ1n) is 14.1. The van der Waals surface area contributed by atoms with E-state index in [-0.39, 0.29) is 11.5 Å². The third-order valence-corrected chi connectivity index (χ3v) is 6.70. The molecule has 2 heteroatoms. The fraction of sp³-hybridized carbons (Fsp3) is 0.767. The number of hydrogen-bond acceptors (Lipinski definition) is 2. The van der Waals surface area contributed by atoms with Gasteiger partial charge in [-0.25, -0.2) is 0 Å². The molecule has 0 spiro atoms. The van der Waals surface area contributed by atoms with E-state index < -0.39 is 0 Å². The van der Waals surface area contributed by atoms with Gasteiger partial charge in [0.05, 0.1) is 0 Å². The molecule has 184 valence electrons. The Kier molecular flexibility index (Phi) is 19.3. The summed E-state index contributed by atoms with van der Waals surface area (Å²) in [5, 5.41) is 9.28. The zero-order valence-corrected chi connectivity index (χ0v) is 21.2. The minimum atomic E-state index is 0.197. The summed E-state index contributed by atoms with van der Waals surface area (Å²) in [6.45, 7) is 2.29. The van der Waals surface area contributed by atoms with Crippen LogP contribution in [0.1, 0.15) is 159 Å². The molecule has 1 aromatic carbocycles. The number of benzene rings is 1. The highest BCUT2D eigenvalue weighted by molar-refractivity contribution is 5.96. The molecule has 32 heavy (non-hydrogen) atoms. The lowest BCUT2D eigenvalue weighted by atomic mass is 10.0. The standard InChI is InChI=1S/C30H52O2/c1-2-3-4-5-6-7-8-9-10-11-12-13-14-15-16-17-18-19-20-21-22-23-30(32)28-24-26-29(31)27-25-28/h24-27,31H,2-23H2,1H3. The van der Waals surface area contributed by atoms with Crippen molar-refractivity contribution < 1.29 is 9.90 Å². The molecule has 0 aliphatic rings. The maximum Gasteiger partial charge on any atom is 0.162 e. The summed E-state index contributed by atoms with van der Waals surface area (Å²) in [5.74, 6) is 0.415. The Bertz CT molecular complexity index is 534. The zero-order chi connectivity index (χ0) is 23.1. The second-order valence-corrected chi connectivity index (χ2v) is 9.79. The molecule has 0 atom stereocenters. The molecule has 0 unspecified atom stereocenters. The Morgan fingerprint density at radius 3 is 1.19 bits per heavy atom. The number of aromatic hydroxyl groups is 1. The molecule has 0 aliphatic carbocycles. The van der Waals surface area contributed by atoms with Gasteiger partial charge in [0.2, 0.25) is 0 Å². The quantitative estimate of drug-likeness (QED) is 0.135. The Hall–Kier alpha value is -1.31. The normalized spacial score (nSPS) is 11.2. The van der Waals surface area contributed by atoms with Crippen LogP contribution in [-0.2, 0) is 0 Å². The first kappa shape index (κ1) is 28.7. The summed E-state index contributed by atoms with van der Waals surface area (Å²) in [7, 11) is 0. The molecule has 0 amide bonds. The van der Waals surface area contributed by atoms with Gasteiger partial charge >= 0.3 is 0 Å². The highest BCUT2D eigenvalue weighted by Crippen LogP contribution is 2.16. The number of phenolic OH excluding ortho intramolecular Hbond substituents is 1. The maximum absolute atomic E-state index is 12.1. The smallest absolute Gasteiger partial charge is 0.162 e. The molecule has 0 saturated heterocycles. The molecule has 2 nitrogen and oxygen atoms in total. The van der Waals surface area contributed by atoms with Crippen molar-refractivity contribution in [1.82, 2.24) is 0 Å². The number of ketones is 1. The third-order valence-electron chi connectivity index (χ3n) is 6.70. The number of rotatable bonds is 23. The van der Waals surface area contributed by atoms with E-state index in [2.05, 4.69) is 6.92 Å². The van der Waals surface area contributed by atoms with Crippen molar-refractivity contribution in [1.29, 1.82) is 0 Å². The first-order valence-corrected chi connectivity index (χ1v) is 14.1. The molecule has 0 saturated carbocycles. The van der Waals surface area contributed by atoms with E-state index in [0.717, 1.165) is 18.4 Å². The fourth-order valence-electron chi connectivity index (χ4n) is 4.51. The van der Waals surface area contributed by atoms with Crippen molar-refractivity contribution in [2.24, 2.45) is 0 Å². The predicted octanol–water partition coefficient (Wildman–Crippen LogP) is 10.2. The Morgan fingerprint density at radius 1 is 0.531 bits per heavy atom. The van der Waals surface area contributed by atoms with Crippen LogP contribution in [0.5, 0.6) is 5.75 Å². The molecule has 0 aromatic heterocycles. The molecule has 0 fully saturated rings. The van der Waals surface area contributed by atoms with Crippen LogP contribution in [0.25, 0.3) is 0 Å². The van der Waals surface area contributed by atoms with Crippen LogP contribution < -0.4 is 0 Å². The van der Waals surface area contributed by atoms with E-state index in [1.807, 2.05) is 0 Å². The predicted molar refractivity (Wildman–Crippen MR) is 140 cm³/mol. The minimum absolute atomic E-state index is 0.197. The third kappa shape index (κ3) is 17.3. The van der Waals surface area contributed by atoms with E-state index >= 15 is 0 Å². The highest BCUT2D eigenvalue weighted by atomic mass is 16.3. The van der Waals surface area contributed by atoms with Crippen LogP contribution in [0.2, 0.25) is 0 Å². The van der Waals surface area contributed by atoms with Gasteiger partial charge in [-0.2, -0.15) is 0 Å². The summed E-state index contributed by atoms with van der Waals surface area (Å²) in [5.41, 5.74) is 0.718. The van der Waals surface area contributed by atoms with Crippen LogP contribution in [0.15, 0.2) is 24.3 Å². The van der Waals surface area contributed by atoms with Gasteiger partial charge in [-0.3, -0.25) is 4.79 Å². The minimum Gasteiger partial charge on any atom is -0.508 e. The fourth-order valence-corrected chi connectivity index (χ4v) is 4.51. The lowest BCUT2D eigenvalue weighted by molar-refractivity contribution is 0.0979. The lowest BCUT2D eigenvalue weighted by Crippen LogP contribution is -1.98. The van der Waals surface area contributed by atoms with Crippen LogP contribution in [0, 0.1) is 0 Å².